The number of piperidine rings is 1. The van der Waals surface area contributed by atoms with Gasteiger partial charge in [0.2, 0.25) is 0 Å². The molecule has 3 aromatic rings. The molecule has 8 heteroatoms. The van der Waals surface area contributed by atoms with Crippen molar-refractivity contribution in [3.05, 3.63) is 64.8 Å². The molecule has 1 atom stereocenters. The summed E-state index contributed by atoms with van der Waals surface area (Å²) in [6.45, 7) is 2.41. The van der Waals surface area contributed by atoms with Crippen LogP contribution in [0.5, 0.6) is 11.5 Å². The minimum Gasteiger partial charge on any atom is -0.493 e. The lowest BCUT2D eigenvalue weighted by molar-refractivity contribution is 0.0915. The first-order valence-electron chi connectivity index (χ1n) is 11.1. The van der Waals surface area contributed by atoms with Crippen LogP contribution in [0.2, 0.25) is 5.02 Å². The van der Waals surface area contributed by atoms with Gasteiger partial charge in [-0.2, -0.15) is 0 Å². The molecule has 1 aromatic heterocycles. The summed E-state index contributed by atoms with van der Waals surface area (Å²) in [4.78, 5) is 15.3. The topological polar surface area (TPSA) is 76.8 Å². The van der Waals surface area contributed by atoms with Crippen LogP contribution in [0, 0.1) is 0 Å². The Morgan fingerprint density at radius 3 is 2.48 bits per heavy atom. The van der Waals surface area contributed by atoms with Crippen LogP contribution in [0.3, 0.4) is 0 Å². The Balaban J connectivity index is 1.50. The second-order valence-electron chi connectivity index (χ2n) is 8.02. The SMILES string of the molecule is COc1ccc([C@H](CNC(=O)c2cc(-c3ccc(Cl)cc3)on2)N2CCCCC2)cc1OC. The van der Waals surface area contributed by atoms with E-state index < -0.39 is 0 Å². The molecule has 1 saturated heterocycles. The third kappa shape index (κ3) is 5.49. The van der Waals surface area contributed by atoms with Crippen LogP contribution in [0.1, 0.15) is 41.4 Å². The van der Waals surface area contributed by atoms with Crippen LogP contribution in [-0.2, 0) is 0 Å². The molecule has 0 radical (unpaired) electrons. The molecule has 1 aliphatic rings. The molecule has 1 N–H and O–H groups in total. The number of carbonyl (C=O) groups excluding carboxylic acids is 1. The molecule has 33 heavy (non-hydrogen) atoms. The standard InChI is InChI=1S/C25H28ClN3O4/c1-31-22-11-8-18(14-24(22)32-2)21(29-12-4-3-5-13-29)16-27-25(30)20-15-23(33-28-20)17-6-9-19(26)10-7-17/h6-11,14-15,21H,3-5,12-13,16H2,1-2H3,(H,27,30)/t21-/m0/s1. The zero-order valence-corrected chi connectivity index (χ0v) is 19.6. The molecule has 0 unspecified atom stereocenters. The monoisotopic (exact) mass is 469 g/mol. The van der Waals surface area contributed by atoms with Gasteiger partial charge >= 0.3 is 0 Å². The molecule has 0 bridgehead atoms. The molecule has 2 aromatic carbocycles. The van der Waals surface area contributed by atoms with E-state index in [-0.39, 0.29) is 17.6 Å². The summed E-state index contributed by atoms with van der Waals surface area (Å²) in [7, 11) is 3.25. The van der Waals surface area contributed by atoms with E-state index in [1.165, 1.54) is 6.42 Å². The molecule has 1 fully saturated rings. The van der Waals surface area contributed by atoms with Crippen molar-refractivity contribution in [3.63, 3.8) is 0 Å². The summed E-state index contributed by atoms with van der Waals surface area (Å²) in [5.74, 6) is 1.60. The zero-order chi connectivity index (χ0) is 23.2. The zero-order valence-electron chi connectivity index (χ0n) is 18.8. The van der Waals surface area contributed by atoms with E-state index in [9.17, 15) is 4.79 Å². The average molecular weight is 470 g/mol. The van der Waals surface area contributed by atoms with Crippen LogP contribution in [0.25, 0.3) is 11.3 Å². The molecule has 2 heterocycles. The predicted octanol–water partition coefficient (Wildman–Crippen LogP) is 4.97. The number of aromatic nitrogens is 1. The van der Waals surface area contributed by atoms with E-state index in [1.807, 2.05) is 30.3 Å². The fourth-order valence-electron chi connectivity index (χ4n) is 4.16. The van der Waals surface area contributed by atoms with Gasteiger partial charge in [0.15, 0.2) is 23.0 Å². The first-order valence-corrected chi connectivity index (χ1v) is 11.4. The fraction of sp³-hybridized carbons (Fsp3) is 0.360. The van der Waals surface area contributed by atoms with Gasteiger partial charge in [-0.3, -0.25) is 9.69 Å². The maximum Gasteiger partial charge on any atom is 0.273 e. The minimum absolute atomic E-state index is 0.0108. The summed E-state index contributed by atoms with van der Waals surface area (Å²) >= 11 is 5.95. The highest BCUT2D eigenvalue weighted by molar-refractivity contribution is 6.30. The van der Waals surface area contributed by atoms with Crippen molar-refractivity contribution in [1.29, 1.82) is 0 Å². The molecule has 0 spiro atoms. The number of amides is 1. The number of hydrogen-bond acceptors (Lipinski definition) is 6. The largest absolute Gasteiger partial charge is 0.493 e. The average Bonchev–Trinajstić information content (AvgIpc) is 3.35. The third-order valence-corrected chi connectivity index (χ3v) is 6.20. The fourth-order valence-corrected chi connectivity index (χ4v) is 4.29. The van der Waals surface area contributed by atoms with E-state index in [0.29, 0.717) is 28.8 Å². The lowest BCUT2D eigenvalue weighted by Gasteiger charge is -2.35. The second-order valence-corrected chi connectivity index (χ2v) is 8.46. The maximum atomic E-state index is 12.9. The summed E-state index contributed by atoms with van der Waals surface area (Å²) in [5, 5.41) is 7.63. The summed E-state index contributed by atoms with van der Waals surface area (Å²) < 4.78 is 16.3. The van der Waals surface area contributed by atoms with Crippen molar-refractivity contribution < 1.29 is 18.8 Å². The Morgan fingerprint density at radius 1 is 1.06 bits per heavy atom. The molecule has 1 amide bonds. The number of carbonyl (C=O) groups is 1. The molecular formula is C25H28ClN3O4. The number of likely N-dealkylation sites (tertiary alicyclic amines) is 1. The highest BCUT2D eigenvalue weighted by Gasteiger charge is 2.25. The third-order valence-electron chi connectivity index (χ3n) is 5.95. The summed E-state index contributed by atoms with van der Waals surface area (Å²) in [6, 6.07) is 14.8. The predicted molar refractivity (Wildman–Crippen MR) is 127 cm³/mol. The van der Waals surface area contributed by atoms with Crippen LogP contribution >= 0.6 is 11.6 Å². The van der Waals surface area contributed by atoms with Gasteiger partial charge in [-0.15, -0.1) is 0 Å². The van der Waals surface area contributed by atoms with Crippen LogP contribution < -0.4 is 14.8 Å². The Labute approximate surface area is 198 Å². The molecule has 7 nitrogen and oxygen atoms in total. The number of hydrogen-bond donors (Lipinski definition) is 1. The summed E-state index contributed by atoms with van der Waals surface area (Å²) in [6.07, 6.45) is 3.52. The van der Waals surface area contributed by atoms with E-state index in [4.69, 9.17) is 25.6 Å². The van der Waals surface area contributed by atoms with Gasteiger partial charge in [-0.05, 0) is 67.9 Å². The Hall–Kier alpha value is -3.03. The van der Waals surface area contributed by atoms with E-state index in [0.717, 1.165) is 37.1 Å². The smallest absolute Gasteiger partial charge is 0.273 e. The van der Waals surface area contributed by atoms with Crippen molar-refractivity contribution in [2.75, 3.05) is 33.9 Å². The lowest BCUT2D eigenvalue weighted by Crippen LogP contribution is -2.40. The lowest BCUT2D eigenvalue weighted by atomic mass is 10.0. The van der Waals surface area contributed by atoms with Crippen molar-refractivity contribution in [2.45, 2.75) is 25.3 Å². The van der Waals surface area contributed by atoms with Gasteiger partial charge in [-0.25, -0.2) is 0 Å². The van der Waals surface area contributed by atoms with Crippen molar-refractivity contribution >= 4 is 17.5 Å². The van der Waals surface area contributed by atoms with Crippen LogP contribution in [0.4, 0.5) is 0 Å². The van der Waals surface area contributed by atoms with E-state index in [1.54, 1.807) is 32.4 Å². The number of ether oxygens (including phenoxy) is 2. The number of methoxy groups -OCH3 is 2. The molecule has 174 valence electrons. The number of nitrogens with zero attached hydrogens (tertiary/aromatic N) is 2. The maximum absolute atomic E-state index is 12.9. The van der Waals surface area contributed by atoms with Crippen molar-refractivity contribution in [3.8, 4) is 22.8 Å². The van der Waals surface area contributed by atoms with Gasteiger partial charge in [0.1, 0.15) is 0 Å². The first-order chi connectivity index (χ1) is 16.1. The normalized spacial score (nSPS) is 15.1. The van der Waals surface area contributed by atoms with Gasteiger partial charge in [0, 0.05) is 23.2 Å². The van der Waals surface area contributed by atoms with Gasteiger partial charge in [0.25, 0.3) is 5.91 Å². The van der Waals surface area contributed by atoms with Gasteiger partial charge < -0.3 is 19.3 Å². The highest BCUT2D eigenvalue weighted by atomic mass is 35.5. The Kier molecular flexibility index (Phi) is 7.52. The van der Waals surface area contributed by atoms with Gasteiger partial charge in [0.05, 0.1) is 20.3 Å². The number of nitrogens with one attached hydrogen (secondary N) is 1. The molecule has 4 rings (SSSR count). The quantitative estimate of drug-likeness (QED) is 0.502. The Bertz CT molecular complexity index is 1080. The minimum atomic E-state index is -0.276. The van der Waals surface area contributed by atoms with Crippen LogP contribution in [0.15, 0.2) is 53.1 Å². The number of benzene rings is 2. The molecule has 0 aliphatic carbocycles. The Morgan fingerprint density at radius 2 is 1.79 bits per heavy atom. The molecule has 0 saturated carbocycles. The van der Waals surface area contributed by atoms with Crippen molar-refractivity contribution in [2.24, 2.45) is 0 Å². The van der Waals surface area contributed by atoms with E-state index >= 15 is 0 Å². The highest BCUT2D eigenvalue weighted by Crippen LogP contribution is 2.33. The van der Waals surface area contributed by atoms with Gasteiger partial charge in [-0.1, -0.05) is 29.2 Å². The first kappa shape index (κ1) is 23.1. The van der Waals surface area contributed by atoms with E-state index in [2.05, 4.69) is 15.4 Å². The van der Waals surface area contributed by atoms with Crippen molar-refractivity contribution in [1.82, 2.24) is 15.4 Å². The summed E-state index contributed by atoms with van der Waals surface area (Å²) in [5.41, 5.74) is 2.11. The molecular weight excluding hydrogens is 442 g/mol. The number of rotatable bonds is 8. The van der Waals surface area contributed by atoms with Crippen LogP contribution in [-0.4, -0.2) is 49.8 Å². The number of halogens is 1. The second kappa shape index (κ2) is 10.7. The molecule has 1 aliphatic heterocycles.